The second kappa shape index (κ2) is 10.9. The highest BCUT2D eigenvalue weighted by atomic mass is 79.9. The molecule has 4 rings (SSSR count). The number of primary amides is 1. The Morgan fingerprint density at radius 3 is 2.79 bits per heavy atom. The van der Waals surface area contributed by atoms with E-state index in [0.29, 0.717) is 34.0 Å². The van der Waals surface area contributed by atoms with Crippen LogP contribution in [0, 0.1) is 5.92 Å². The van der Waals surface area contributed by atoms with Crippen LogP contribution in [0.25, 0.3) is 0 Å². The summed E-state index contributed by atoms with van der Waals surface area (Å²) in [5, 5.41) is 12.6. The molecule has 1 aliphatic carbocycles. The quantitative estimate of drug-likeness (QED) is 0.366. The molecule has 0 saturated heterocycles. The fourth-order valence-electron chi connectivity index (χ4n) is 3.92. The Bertz CT molecular complexity index is 1190. The summed E-state index contributed by atoms with van der Waals surface area (Å²) in [7, 11) is 0. The largest absolute Gasteiger partial charge is 0.486 e. The fraction of sp³-hybridized carbons (Fsp3) is 0.391. The summed E-state index contributed by atoms with van der Waals surface area (Å²) in [4.78, 5) is 26.0. The van der Waals surface area contributed by atoms with Crippen molar-refractivity contribution in [2.24, 2.45) is 11.7 Å². The average molecular weight is 565 g/mol. The molecule has 0 spiro atoms. The standard InChI is InChI=1S/C23H26BrN5O3S2/c1-3-29-18(11-32-15-7-5-14(24)6-8-15)27-28-23(29)33-12-19(30)26-22-20(21(25)31)16-9-4-13(2)10-17(16)34-22/h5-8,13H,3-4,9-12H2,1-2H3,(H2,25,31)(H,26,30). The predicted octanol–water partition coefficient (Wildman–Crippen LogP) is 4.66. The van der Waals surface area contributed by atoms with Crippen molar-refractivity contribution in [2.45, 2.75) is 51.4 Å². The highest BCUT2D eigenvalue weighted by Gasteiger charge is 2.27. The third-order valence-corrected chi connectivity index (χ3v) is 8.30. The number of ether oxygens (including phenoxy) is 1. The van der Waals surface area contributed by atoms with E-state index in [1.54, 1.807) is 0 Å². The molecular weight excluding hydrogens is 538 g/mol. The van der Waals surface area contributed by atoms with Crippen LogP contribution in [0.4, 0.5) is 5.00 Å². The van der Waals surface area contributed by atoms with E-state index in [4.69, 9.17) is 10.5 Å². The van der Waals surface area contributed by atoms with Gasteiger partial charge >= 0.3 is 0 Å². The lowest BCUT2D eigenvalue weighted by Crippen LogP contribution is -2.20. The van der Waals surface area contributed by atoms with Crippen molar-refractivity contribution in [3.63, 3.8) is 0 Å². The molecule has 3 aromatic rings. The number of anilines is 1. The number of nitrogens with two attached hydrogens (primary N) is 1. The molecule has 1 aromatic carbocycles. The maximum absolute atomic E-state index is 12.7. The molecule has 2 heterocycles. The van der Waals surface area contributed by atoms with Crippen molar-refractivity contribution in [3.05, 3.63) is 50.6 Å². The van der Waals surface area contributed by atoms with Gasteiger partial charge in [-0.25, -0.2) is 0 Å². The number of aromatic nitrogens is 3. The molecule has 0 aliphatic heterocycles. The van der Waals surface area contributed by atoms with E-state index in [1.807, 2.05) is 35.8 Å². The van der Waals surface area contributed by atoms with Gasteiger partial charge in [-0.2, -0.15) is 0 Å². The summed E-state index contributed by atoms with van der Waals surface area (Å²) in [5.74, 6) is 1.43. The van der Waals surface area contributed by atoms with Gasteiger partial charge < -0.3 is 20.4 Å². The Kier molecular flexibility index (Phi) is 7.95. The number of nitrogens with one attached hydrogen (secondary N) is 1. The molecule has 2 amide bonds. The molecule has 1 aliphatic rings. The van der Waals surface area contributed by atoms with Crippen LogP contribution >= 0.6 is 39.0 Å². The first-order chi connectivity index (χ1) is 16.4. The number of thioether (sulfide) groups is 1. The van der Waals surface area contributed by atoms with Gasteiger partial charge in [0.05, 0.1) is 11.3 Å². The predicted molar refractivity (Wildman–Crippen MR) is 138 cm³/mol. The first-order valence-electron chi connectivity index (χ1n) is 11.0. The number of carbonyl (C=O) groups is 2. The molecule has 3 N–H and O–H groups in total. The SMILES string of the molecule is CCn1c(COc2ccc(Br)cc2)nnc1SCC(=O)Nc1sc2c(c1C(N)=O)CCC(C)C2. The molecule has 2 aromatic heterocycles. The zero-order chi connectivity index (χ0) is 24.2. The first kappa shape index (κ1) is 24.7. The lowest BCUT2D eigenvalue weighted by atomic mass is 9.88. The number of benzene rings is 1. The fourth-order valence-corrected chi connectivity index (χ4v) is 6.44. The van der Waals surface area contributed by atoms with Crippen LogP contribution < -0.4 is 15.8 Å². The third kappa shape index (κ3) is 5.64. The summed E-state index contributed by atoms with van der Waals surface area (Å²) in [6.07, 6.45) is 2.75. The Labute approximate surface area is 214 Å². The van der Waals surface area contributed by atoms with E-state index in [1.165, 1.54) is 23.1 Å². The van der Waals surface area contributed by atoms with Gasteiger partial charge in [0.25, 0.3) is 5.91 Å². The number of nitrogens with zero attached hydrogens (tertiary/aromatic N) is 3. The lowest BCUT2D eigenvalue weighted by Gasteiger charge is -2.18. The van der Waals surface area contributed by atoms with Gasteiger partial charge in [0, 0.05) is 15.9 Å². The molecule has 0 bridgehead atoms. The summed E-state index contributed by atoms with van der Waals surface area (Å²) in [6.45, 7) is 5.12. The monoisotopic (exact) mass is 563 g/mol. The number of fused-ring (bicyclic) bond motifs is 1. The van der Waals surface area contributed by atoms with Gasteiger partial charge in [-0.15, -0.1) is 21.5 Å². The first-order valence-corrected chi connectivity index (χ1v) is 13.6. The van der Waals surface area contributed by atoms with E-state index < -0.39 is 5.91 Å². The van der Waals surface area contributed by atoms with Crippen LogP contribution in [-0.4, -0.2) is 32.3 Å². The minimum Gasteiger partial charge on any atom is -0.486 e. The number of hydrogen-bond acceptors (Lipinski definition) is 7. The van der Waals surface area contributed by atoms with Crippen molar-refractivity contribution in [1.29, 1.82) is 0 Å². The highest BCUT2D eigenvalue weighted by molar-refractivity contribution is 9.10. The number of rotatable bonds is 9. The van der Waals surface area contributed by atoms with E-state index in [2.05, 4.69) is 38.4 Å². The highest BCUT2D eigenvalue weighted by Crippen LogP contribution is 2.39. The second-order valence-electron chi connectivity index (χ2n) is 8.14. The number of halogens is 1. The molecule has 1 atom stereocenters. The second-order valence-corrected chi connectivity index (χ2v) is 11.1. The zero-order valence-corrected chi connectivity index (χ0v) is 22.2. The Hall–Kier alpha value is -2.37. The normalized spacial score (nSPS) is 15.1. The Morgan fingerprint density at radius 2 is 2.09 bits per heavy atom. The molecule has 0 radical (unpaired) electrons. The van der Waals surface area contributed by atoms with Crippen LogP contribution in [0.2, 0.25) is 0 Å². The van der Waals surface area contributed by atoms with Crippen LogP contribution in [0.3, 0.4) is 0 Å². The van der Waals surface area contributed by atoms with Gasteiger partial charge in [0.1, 0.15) is 17.4 Å². The summed E-state index contributed by atoms with van der Waals surface area (Å²) >= 11 is 6.17. The van der Waals surface area contributed by atoms with Gasteiger partial charge in [-0.1, -0.05) is 34.6 Å². The summed E-state index contributed by atoms with van der Waals surface area (Å²) in [6, 6.07) is 7.57. The molecule has 180 valence electrons. The van der Waals surface area contributed by atoms with Crippen molar-refractivity contribution in [3.8, 4) is 5.75 Å². The van der Waals surface area contributed by atoms with Crippen LogP contribution in [0.5, 0.6) is 5.75 Å². The smallest absolute Gasteiger partial charge is 0.251 e. The Balaban J connectivity index is 1.39. The van der Waals surface area contributed by atoms with E-state index in [9.17, 15) is 9.59 Å². The van der Waals surface area contributed by atoms with Crippen LogP contribution in [0.15, 0.2) is 33.9 Å². The van der Waals surface area contributed by atoms with Crippen molar-refractivity contribution in [1.82, 2.24) is 14.8 Å². The maximum Gasteiger partial charge on any atom is 0.251 e. The van der Waals surface area contributed by atoms with Gasteiger partial charge in [0.2, 0.25) is 5.91 Å². The molecule has 0 saturated carbocycles. The number of hydrogen-bond donors (Lipinski definition) is 2. The third-order valence-electron chi connectivity index (χ3n) is 5.63. The van der Waals surface area contributed by atoms with E-state index in [-0.39, 0.29) is 18.3 Å². The van der Waals surface area contributed by atoms with Gasteiger partial charge in [-0.3, -0.25) is 9.59 Å². The average Bonchev–Trinajstić information content (AvgIpc) is 3.36. The number of carbonyl (C=O) groups excluding carboxylic acids is 2. The van der Waals surface area contributed by atoms with Crippen LogP contribution in [0.1, 0.15) is 46.9 Å². The number of thiophene rings is 1. The van der Waals surface area contributed by atoms with Crippen molar-refractivity contribution in [2.75, 3.05) is 11.1 Å². The molecule has 8 nitrogen and oxygen atoms in total. The summed E-state index contributed by atoms with van der Waals surface area (Å²) < 4.78 is 8.72. The molecule has 0 fully saturated rings. The number of amides is 2. The maximum atomic E-state index is 12.7. The Morgan fingerprint density at radius 1 is 1.32 bits per heavy atom. The van der Waals surface area contributed by atoms with Gasteiger partial charge in [-0.05, 0) is 61.9 Å². The molecule has 11 heteroatoms. The van der Waals surface area contributed by atoms with Crippen LogP contribution in [-0.2, 0) is 30.8 Å². The van der Waals surface area contributed by atoms with Crippen molar-refractivity contribution >= 4 is 55.8 Å². The molecule has 1 unspecified atom stereocenters. The van der Waals surface area contributed by atoms with Gasteiger partial charge in [0.15, 0.2) is 11.0 Å². The van der Waals surface area contributed by atoms with Crippen molar-refractivity contribution < 1.29 is 14.3 Å². The minimum atomic E-state index is -0.490. The topological polar surface area (TPSA) is 112 Å². The van der Waals surface area contributed by atoms with E-state index >= 15 is 0 Å². The molecule has 34 heavy (non-hydrogen) atoms. The zero-order valence-electron chi connectivity index (χ0n) is 19.0. The minimum absolute atomic E-state index is 0.142. The summed E-state index contributed by atoms with van der Waals surface area (Å²) in [5.41, 5.74) is 7.12. The lowest BCUT2D eigenvalue weighted by molar-refractivity contribution is -0.113. The van der Waals surface area contributed by atoms with E-state index in [0.717, 1.165) is 39.9 Å². The molecular formula is C23H26BrN5O3S2.